The molecule has 1 N–H and O–H groups in total. The molecule has 0 saturated carbocycles. The fourth-order valence-electron chi connectivity index (χ4n) is 1.62. The molecule has 0 aliphatic carbocycles. The third kappa shape index (κ3) is 4.09. The Balaban J connectivity index is 1.77. The Kier molecular flexibility index (Phi) is 5.41. The van der Waals surface area contributed by atoms with Gasteiger partial charge in [0.2, 0.25) is 5.91 Å². The number of carbonyl (C=O) groups excluding carboxylic acids is 1. The van der Waals surface area contributed by atoms with Gasteiger partial charge in [-0.25, -0.2) is 9.67 Å². The summed E-state index contributed by atoms with van der Waals surface area (Å²) >= 11 is 11.9. The molecule has 1 aromatic heterocycles. The Morgan fingerprint density at radius 3 is 3.00 bits per heavy atom. The van der Waals surface area contributed by atoms with Gasteiger partial charge >= 0.3 is 0 Å². The quantitative estimate of drug-likeness (QED) is 0.826. The lowest BCUT2D eigenvalue weighted by molar-refractivity contribution is -0.124. The lowest BCUT2D eigenvalue weighted by Crippen LogP contribution is -2.34. The summed E-state index contributed by atoms with van der Waals surface area (Å²) in [4.78, 5) is 15.7. The molecule has 1 unspecified atom stereocenters. The average molecular weight is 329 g/mol. The number of aromatic nitrogens is 3. The molecule has 0 spiro atoms. The highest BCUT2D eigenvalue weighted by molar-refractivity contribution is 6.42. The van der Waals surface area contributed by atoms with E-state index in [0.717, 1.165) is 0 Å². The van der Waals surface area contributed by atoms with Gasteiger partial charge < -0.3 is 10.1 Å². The number of amides is 1. The highest BCUT2D eigenvalue weighted by Crippen LogP contribution is 2.31. The largest absolute Gasteiger partial charge is 0.490 e. The molecule has 2 aromatic rings. The predicted octanol–water partition coefficient (Wildman–Crippen LogP) is 2.34. The summed E-state index contributed by atoms with van der Waals surface area (Å²) < 4.78 is 6.95. The molecular formula is C13H14Cl2N4O2. The van der Waals surface area contributed by atoms with E-state index >= 15 is 0 Å². The molecule has 0 saturated heterocycles. The highest BCUT2D eigenvalue weighted by atomic mass is 35.5. The summed E-state index contributed by atoms with van der Waals surface area (Å²) in [6.07, 6.45) is 2.88. The summed E-state index contributed by atoms with van der Waals surface area (Å²) in [7, 11) is 0. The number of ether oxygens (including phenoxy) is 1. The van der Waals surface area contributed by atoms with Crippen molar-refractivity contribution in [2.24, 2.45) is 0 Å². The molecule has 1 heterocycles. The third-order valence-electron chi connectivity index (χ3n) is 2.79. The van der Waals surface area contributed by atoms with Crippen LogP contribution >= 0.6 is 23.2 Å². The predicted molar refractivity (Wildman–Crippen MR) is 79.7 cm³/mol. The maximum Gasteiger partial charge on any atom is 0.244 e. The van der Waals surface area contributed by atoms with E-state index in [0.29, 0.717) is 22.3 Å². The number of nitrogens with zero attached hydrogens (tertiary/aromatic N) is 3. The minimum absolute atomic E-state index is 0.165. The van der Waals surface area contributed by atoms with Crippen molar-refractivity contribution in [3.05, 3.63) is 40.9 Å². The average Bonchev–Trinajstić information content (AvgIpc) is 3.01. The third-order valence-corrected chi connectivity index (χ3v) is 3.59. The van der Waals surface area contributed by atoms with E-state index in [4.69, 9.17) is 27.9 Å². The molecule has 2 rings (SSSR count). The molecule has 112 valence electrons. The van der Waals surface area contributed by atoms with Gasteiger partial charge in [0.05, 0.1) is 11.6 Å². The number of hydrogen-bond donors (Lipinski definition) is 1. The van der Waals surface area contributed by atoms with Crippen LogP contribution in [-0.4, -0.2) is 33.8 Å². The molecule has 1 aromatic carbocycles. The van der Waals surface area contributed by atoms with Gasteiger partial charge in [-0.15, -0.1) is 0 Å². The summed E-state index contributed by atoms with van der Waals surface area (Å²) in [5.74, 6) is 0.323. The van der Waals surface area contributed by atoms with Crippen LogP contribution in [0.4, 0.5) is 0 Å². The zero-order chi connectivity index (χ0) is 15.2. The molecular weight excluding hydrogens is 315 g/mol. The van der Waals surface area contributed by atoms with E-state index in [1.54, 1.807) is 25.1 Å². The Morgan fingerprint density at radius 2 is 2.29 bits per heavy atom. The molecule has 8 heteroatoms. The van der Waals surface area contributed by atoms with Crippen LogP contribution in [0.2, 0.25) is 10.0 Å². The lowest BCUT2D eigenvalue weighted by Gasteiger charge is -2.13. The van der Waals surface area contributed by atoms with E-state index in [1.165, 1.54) is 17.3 Å². The lowest BCUT2D eigenvalue weighted by atomic mass is 10.3. The van der Waals surface area contributed by atoms with Crippen molar-refractivity contribution < 1.29 is 9.53 Å². The summed E-state index contributed by atoms with van der Waals surface area (Å²) in [5, 5.41) is 7.45. The number of rotatable bonds is 6. The van der Waals surface area contributed by atoms with Gasteiger partial charge in [-0.05, 0) is 19.1 Å². The second-order valence-corrected chi connectivity index (χ2v) is 5.03. The van der Waals surface area contributed by atoms with E-state index in [-0.39, 0.29) is 12.5 Å². The fourth-order valence-corrected chi connectivity index (χ4v) is 1.96. The molecule has 1 amide bonds. The number of hydrogen-bond acceptors (Lipinski definition) is 4. The standard InChI is InChI=1S/C13H14Cl2N4O2/c1-9(19-8-16-7-18-19)13(20)17-5-6-21-11-4-2-3-10(14)12(11)15/h2-4,7-9H,5-6H2,1H3,(H,17,20). The maximum absolute atomic E-state index is 11.9. The Bertz CT molecular complexity index is 604. The van der Waals surface area contributed by atoms with Gasteiger partial charge in [-0.3, -0.25) is 4.79 Å². The van der Waals surface area contributed by atoms with E-state index in [1.807, 2.05) is 0 Å². The van der Waals surface area contributed by atoms with Crippen molar-refractivity contribution in [1.82, 2.24) is 20.1 Å². The second-order valence-electron chi connectivity index (χ2n) is 4.24. The number of benzene rings is 1. The second kappa shape index (κ2) is 7.28. The molecule has 1 atom stereocenters. The van der Waals surface area contributed by atoms with Crippen molar-refractivity contribution in [3.63, 3.8) is 0 Å². The van der Waals surface area contributed by atoms with Crippen LogP contribution in [0.15, 0.2) is 30.9 Å². The number of nitrogens with one attached hydrogen (secondary N) is 1. The van der Waals surface area contributed by atoms with Gasteiger partial charge in [-0.1, -0.05) is 29.3 Å². The zero-order valence-electron chi connectivity index (χ0n) is 11.3. The minimum Gasteiger partial charge on any atom is -0.490 e. The van der Waals surface area contributed by atoms with Gasteiger partial charge in [0.25, 0.3) is 0 Å². The molecule has 6 nitrogen and oxygen atoms in total. The highest BCUT2D eigenvalue weighted by Gasteiger charge is 2.14. The van der Waals surface area contributed by atoms with Crippen LogP contribution in [0.3, 0.4) is 0 Å². The molecule has 0 aliphatic heterocycles. The Hall–Kier alpha value is -1.79. The van der Waals surface area contributed by atoms with Crippen molar-refractivity contribution in [2.45, 2.75) is 13.0 Å². The number of carbonyl (C=O) groups is 1. The van der Waals surface area contributed by atoms with Crippen molar-refractivity contribution in [1.29, 1.82) is 0 Å². The van der Waals surface area contributed by atoms with Crippen molar-refractivity contribution in [2.75, 3.05) is 13.2 Å². The smallest absolute Gasteiger partial charge is 0.244 e. The first-order valence-electron chi connectivity index (χ1n) is 6.28. The summed E-state index contributed by atoms with van der Waals surface area (Å²) in [6, 6.07) is 4.71. The molecule has 21 heavy (non-hydrogen) atoms. The van der Waals surface area contributed by atoms with E-state index < -0.39 is 6.04 Å². The fraction of sp³-hybridized carbons (Fsp3) is 0.308. The van der Waals surface area contributed by atoms with Crippen LogP contribution < -0.4 is 10.1 Å². The summed E-state index contributed by atoms with van der Waals surface area (Å²) in [6.45, 7) is 2.37. The SMILES string of the molecule is CC(C(=O)NCCOc1cccc(Cl)c1Cl)n1cncn1. The van der Waals surface area contributed by atoms with Gasteiger partial charge in [0.15, 0.2) is 0 Å². The Labute approximate surface area is 132 Å². The molecule has 0 fully saturated rings. The maximum atomic E-state index is 11.9. The zero-order valence-corrected chi connectivity index (χ0v) is 12.8. The normalized spacial score (nSPS) is 12.0. The Morgan fingerprint density at radius 1 is 1.48 bits per heavy atom. The monoisotopic (exact) mass is 328 g/mol. The van der Waals surface area contributed by atoms with Gasteiger partial charge in [0.1, 0.15) is 36.1 Å². The first-order valence-corrected chi connectivity index (χ1v) is 7.04. The van der Waals surface area contributed by atoms with Crippen LogP contribution in [-0.2, 0) is 4.79 Å². The molecule has 0 bridgehead atoms. The van der Waals surface area contributed by atoms with Gasteiger partial charge in [0, 0.05) is 0 Å². The van der Waals surface area contributed by atoms with Crippen LogP contribution in [0.5, 0.6) is 5.75 Å². The van der Waals surface area contributed by atoms with Gasteiger partial charge in [-0.2, -0.15) is 5.10 Å². The topological polar surface area (TPSA) is 69.0 Å². The van der Waals surface area contributed by atoms with Crippen molar-refractivity contribution in [3.8, 4) is 5.75 Å². The molecule has 0 radical (unpaired) electrons. The van der Waals surface area contributed by atoms with Crippen LogP contribution in [0.25, 0.3) is 0 Å². The van der Waals surface area contributed by atoms with Crippen LogP contribution in [0.1, 0.15) is 13.0 Å². The van der Waals surface area contributed by atoms with Crippen LogP contribution in [0, 0.1) is 0 Å². The molecule has 0 aliphatic rings. The summed E-state index contributed by atoms with van der Waals surface area (Å²) in [5.41, 5.74) is 0. The van der Waals surface area contributed by atoms with Crippen molar-refractivity contribution >= 4 is 29.1 Å². The first kappa shape index (κ1) is 15.6. The number of halogens is 2. The first-order chi connectivity index (χ1) is 10.1. The minimum atomic E-state index is -0.428. The van der Waals surface area contributed by atoms with E-state index in [9.17, 15) is 4.79 Å². The van der Waals surface area contributed by atoms with E-state index in [2.05, 4.69) is 15.4 Å².